The minimum Gasteiger partial charge on any atom is -0.305 e. The molecule has 3 heteroatoms. The lowest BCUT2D eigenvalue weighted by molar-refractivity contribution is 1.04. The molecule has 1 heterocycles. The van der Waals surface area contributed by atoms with Crippen LogP contribution in [0, 0.1) is 6.92 Å². The van der Waals surface area contributed by atoms with Crippen molar-refractivity contribution in [3.05, 3.63) is 76.7 Å². The molecule has 0 spiro atoms. The molecular formula is C16H14N2O. The third kappa shape index (κ3) is 1.89. The number of nitrogens with zero attached hydrogens (tertiary/aromatic N) is 1. The molecular weight excluding hydrogens is 236 g/mol. The Labute approximate surface area is 110 Å². The number of H-pyrrole nitrogens is 1. The first-order chi connectivity index (χ1) is 9.16. The minimum absolute atomic E-state index is 0.160. The molecule has 19 heavy (non-hydrogen) atoms. The minimum atomic E-state index is -0.160. The normalized spacial score (nSPS) is 10.8. The molecule has 0 unspecified atom stereocenters. The van der Waals surface area contributed by atoms with Gasteiger partial charge in [-0.1, -0.05) is 48.5 Å². The van der Waals surface area contributed by atoms with Crippen molar-refractivity contribution in [3.8, 4) is 0 Å². The standard InChI is InChI=1S/C16H14N2O/c1-11-7-9-13(10-8-11)12(2)18-15-6-4-3-5-14(15)17-16(18)19/h3-10H,2H2,1H3,(H,17,19). The smallest absolute Gasteiger partial charge is 0.305 e. The van der Waals surface area contributed by atoms with Gasteiger partial charge in [-0.25, -0.2) is 4.79 Å². The molecule has 0 bridgehead atoms. The van der Waals surface area contributed by atoms with Gasteiger partial charge in [-0.05, 0) is 24.6 Å². The summed E-state index contributed by atoms with van der Waals surface area (Å²) >= 11 is 0. The summed E-state index contributed by atoms with van der Waals surface area (Å²) in [7, 11) is 0. The Bertz CT molecular complexity index is 807. The summed E-state index contributed by atoms with van der Waals surface area (Å²) in [5, 5.41) is 0. The lowest BCUT2D eigenvalue weighted by atomic mass is 10.1. The maximum atomic E-state index is 12.1. The van der Waals surface area contributed by atoms with Crippen LogP contribution in [0.15, 0.2) is 59.9 Å². The fourth-order valence-electron chi connectivity index (χ4n) is 2.20. The molecule has 1 N–H and O–H groups in total. The summed E-state index contributed by atoms with van der Waals surface area (Å²) in [6.45, 7) is 6.08. The molecule has 0 saturated carbocycles. The highest BCUT2D eigenvalue weighted by Crippen LogP contribution is 2.19. The van der Waals surface area contributed by atoms with Crippen molar-refractivity contribution in [2.75, 3.05) is 0 Å². The van der Waals surface area contributed by atoms with Gasteiger partial charge >= 0.3 is 5.69 Å². The highest BCUT2D eigenvalue weighted by Gasteiger charge is 2.10. The molecule has 0 amide bonds. The molecule has 3 aromatic rings. The summed E-state index contributed by atoms with van der Waals surface area (Å²) < 4.78 is 1.61. The maximum Gasteiger partial charge on any atom is 0.331 e. The van der Waals surface area contributed by atoms with Crippen molar-refractivity contribution >= 4 is 16.7 Å². The number of aromatic amines is 1. The SMILES string of the molecule is C=C(c1ccc(C)cc1)n1c(=O)[nH]c2ccccc21. The lowest BCUT2D eigenvalue weighted by Crippen LogP contribution is -2.15. The monoisotopic (exact) mass is 250 g/mol. The number of nitrogens with one attached hydrogen (secondary N) is 1. The van der Waals surface area contributed by atoms with E-state index in [0.717, 1.165) is 16.6 Å². The highest BCUT2D eigenvalue weighted by molar-refractivity contribution is 5.81. The van der Waals surface area contributed by atoms with Crippen LogP contribution >= 0.6 is 0 Å². The van der Waals surface area contributed by atoms with E-state index in [0.29, 0.717) is 5.70 Å². The van der Waals surface area contributed by atoms with E-state index >= 15 is 0 Å². The van der Waals surface area contributed by atoms with E-state index in [2.05, 4.69) is 11.6 Å². The number of hydrogen-bond donors (Lipinski definition) is 1. The molecule has 0 aliphatic heterocycles. The molecule has 0 aliphatic rings. The molecule has 2 aromatic carbocycles. The first-order valence-electron chi connectivity index (χ1n) is 6.13. The largest absolute Gasteiger partial charge is 0.331 e. The first kappa shape index (κ1) is 11.5. The van der Waals surface area contributed by atoms with Crippen LogP contribution < -0.4 is 5.69 Å². The molecule has 0 fully saturated rings. The van der Waals surface area contributed by atoms with Gasteiger partial charge in [0.25, 0.3) is 0 Å². The van der Waals surface area contributed by atoms with E-state index < -0.39 is 0 Å². The Hall–Kier alpha value is -2.55. The topological polar surface area (TPSA) is 37.8 Å². The van der Waals surface area contributed by atoms with E-state index in [9.17, 15) is 4.79 Å². The zero-order valence-electron chi connectivity index (χ0n) is 10.7. The van der Waals surface area contributed by atoms with Gasteiger partial charge in [-0.3, -0.25) is 4.57 Å². The summed E-state index contributed by atoms with van der Waals surface area (Å²) in [4.78, 5) is 14.9. The van der Waals surface area contributed by atoms with E-state index in [1.54, 1.807) is 4.57 Å². The second-order valence-electron chi connectivity index (χ2n) is 4.60. The Morgan fingerprint density at radius 3 is 2.53 bits per heavy atom. The second-order valence-corrected chi connectivity index (χ2v) is 4.60. The first-order valence-corrected chi connectivity index (χ1v) is 6.13. The van der Waals surface area contributed by atoms with Gasteiger partial charge in [-0.15, -0.1) is 0 Å². The number of hydrogen-bond acceptors (Lipinski definition) is 1. The predicted molar refractivity (Wildman–Crippen MR) is 78.2 cm³/mol. The zero-order valence-corrected chi connectivity index (χ0v) is 10.7. The van der Waals surface area contributed by atoms with Crippen molar-refractivity contribution in [1.29, 1.82) is 0 Å². The second kappa shape index (κ2) is 4.28. The van der Waals surface area contributed by atoms with Crippen molar-refractivity contribution in [1.82, 2.24) is 9.55 Å². The molecule has 3 nitrogen and oxygen atoms in total. The maximum absolute atomic E-state index is 12.1. The highest BCUT2D eigenvalue weighted by atomic mass is 16.1. The Morgan fingerprint density at radius 1 is 1.11 bits per heavy atom. The number of rotatable bonds is 2. The third-order valence-electron chi connectivity index (χ3n) is 3.24. The van der Waals surface area contributed by atoms with E-state index in [-0.39, 0.29) is 5.69 Å². The number of aryl methyl sites for hydroxylation is 1. The molecule has 94 valence electrons. The van der Waals surface area contributed by atoms with Crippen LogP contribution in [0.3, 0.4) is 0 Å². The van der Waals surface area contributed by atoms with Gasteiger partial charge in [0, 0.05) is 0 Å². The van der Waals surface area contributed by atoms with Gasteiger partial charge in [0.15, 0.2) is 0 Å². The third-order valence-corrected chi connectivity index (χ3v) is 3.24. The molecule has 0 saturated heterocycles. The Morgan fingerprint density at radius 2 is 1.79 bits per heavy atom. The molecule has 0 atom stereocenters. The fraction of sp³-hybridized carbons (Fsp3) is 0.0625. The van der Waals surface area contributed by atoms with Crippen LogP contribution in [0.5, 0.6) is 0 Å². The number of benzene rings is 2. The van der Waals surface area contributed by atoms with Gasteiger partial charge in [0.1, 0.15) is 0 Å². The van der Waals surface area contributed by atoms with Crippen LogP contribution in [0.1, 0.15) is 11.1 Å². The number of aromatic nitrogens is 2. The zero-order chi connectivity index (χ0) is 13.4. The van der Waals surface area contributed by atoms with E-state index in [4.69, 9.17) is 0 Å². The van der Waals surface area contributed by atoms with Crippen LogP contribution in [-0.4, -0.2) is 9.55 Å². The average Bonchev–Trinajstić information content (AvgIpc) is 2.74. The van der Waals surface area contributed by atoms with Crippen molar-refractivity contribution in [2.24, 2.45) is 0 Å². The van der Waals surface area contributed by atoms with Crippen molar-refractivity contribution in [2.45, 2.75) is 6.92 Å². The summed E-state index contributed by atoms with van der Waals surface area (Å²) in [6, 6.07) is 15.6. The average molecular weight is 250 g/mol. The fourth-order valence-corrected chi connectivity index (χ4v) is 2.20. The molecule has 3 rings (SSSR count). The van der Waals surface area contributed by atoms with Gasteiger partial charge in [0.2, 0.25) is 0 Å². The van der Waals surface area contributed by atoms with Gasteiger partial charge < -0.3 is 4.98 Å². The Kier molecular flexibility index (Phi) is 2.60. The number of fused-ring (bicyclic) bond motifs is 1. The lowest BCUT2D eigenvalue weighted by Gasteiger charge is -2.07. The van der Waals surface area contributed by atoms with E-state index in [1.165, 1.54) is 5.56 Å². The van der Waals surface area contributed by atoms with Crippen molar-refractivity contribution in [3.63, 3.8) is 0 Å². The number of imidazole rings is 1. The predicted octanol–water partition coefficient (Wildman–Crippen LogP) is 3.16. The summed E-state index contributed by atoms with van der Waals surface area (Å²) in [5.74, 6) is 0. The van der Waals surface area contributed by atoms with Crippen LogP contribution in [0.2, 0.25) is 0 Å². The summed E-state index contributed by atoms with van der Waals surface area (Å²) in [5.41, 5.74) is 4.31. The van der Waals surface area contributed by atoms with Crippen LogP contribution in [0.25, 0.3) is 16.7 Å². The number of para-hydroxylation sites is 2. The van der Waals surface area contributed by atoms with Crippen LogP contribution in [0.4, 0.5) is 0 Å². The quantitative estimate of drug-likeness (QED) is 0.745. The molecule has 0 aliphatic carbocycles. The van der Waals surface area contributed by atoms with Crippen LogP contribution in [-0.2, 0) is 0 Å². The van der Waals surface area contributed by atoms with Crippen molar-refractivity contribution < 1.29 is 0 Å². The van der Waals surface area contributed by atoms with Gasteiger partial charge in [0.05, 0.1) is 16.7 Å². The molecule has 1 aromatic heterocycles. The molecule has 0 radical (unpaired) electrons. The van der Waals surface area contributed by atoms with Gasteiger partial charge in [-0.2, -0.15) is 0 Å². The Balaban J connectivity index is 2.19. The van der Waals surface area contributed by atoms with E-state index in [1.807, 2.05) is 55.5 Å². The summed E-state index contributed by atoms with van der Waals surface area (Å²) in [6.07, 6.45) is 0.